The van der Waals surface area contributed by atoms with Crippen LogP contribution in [0.4, 0.5) is 0 Å². The summed E-state index contributed by atoms with van der Waals surface area (Å²) >= 11 is 8.56. The van der Waals surface area contributed by atoms with Gasteiger partial charge in [0.1, 0.15) is 0 Å². The van der Waals surface area contributed by atoms with Crippen molar-refractivity contribution >= 4 is 56.6 Å². The summed E-state index contributed by atoms with van der Waals surface area (Å²) in [5.74, 6) is 0. The monoisotopic (exact) mass is 306 g/mol. The average Bonchev–Trinajstić information content (AvgIpc) is 2.39. The summed E-state index contributed by atoms with van der Waals surface area (Å²) in [6.45, 7) is 2.14. The number of rotatable bonds is 0. The van der Waals surface area contributed by atoms with E-state index >= 15 is 0 Å². The molecule has 3 heteroatoms. The molecule has 0 fully saturated rings. The number of fused-ring (bicyclic) bond motifs is 1. The zero-order chi connectivity index (χ0) is 8.72. The molecule has 0 atom stereocenters. The Balaban J connectivity index is 2.89. The minimum absolute atomic E-state index is 1.07. The minimum atomic E-state index is 1.07. The van der Waals surface area contributed by atoms with Crippen LogP contribution in [0.1, 0.15) is 4.88 Å². The summed E-state index contributed by atoms with van der Waals surface area (Å²) in [6.07, 6.45) is 0. The van der Waals surface area contributed by atoms with E-state index < -0.39 is 0 Å². The lowest BCUT2D eigenvalue weighted by molar-refractivity contribution is 1.48. The number of benzene rings is 1. The van der Waals surface area contributed by atoms with Crippen molar-refractivity contribution in [2.75, 3.05) is 0 Å². The van der Waals surface area contributed by atoms with Gasteiger partial charge >= 0.3 is 0 Å². The van der Waals surface area contributed by atoms with Gasteiger partial charge in [-0.15, -0.1) is 24.0 Å². The molecule has 0 radical (unpaired) electrons. The van der Waals surface area contributed by atoms with E-state index in [0.29, 0.717) is 0 Å². The van der Waals surface area contributed by atoms with E-state index in [1.54, 1.807) is 0 Å². The van der Waals surface area contributed by atoms with E-state index in [4.69, 9.17) is 0 Å². The highest BCUT2D eigenvalue weighted by atomic mass is 127. The summed E-state index contributed by atoms with van der Waals surface area (Å²) in [6, 6.07) is 6.42. The lowest BCUT2D eigenvalue weighted by atomic mass is 10.2. The maximum atomic E-state index is 4.38. The zero-order valence-electron chi connectivity index (χ0n) is 6.47. The summed E-state index contributed by atoms with van der Waals surface area (Å²) in [4.78, 5) is 2.43. The molecule has 0 nitrogen and oxygen atoms in total. The minimum Gasteiger partial charge on any atom is -0.142 e. The molecule has 1 aromatic heterocycles. The van der Waals surface area contributed by atoms with E-state index in [0.717, 1.165) is 4.90 Å². The molecule has 0 aliphatic rings. The Morgan fingerprint density at radius 3 is 2.92 bits per heavy atom. The van der Waals surface area contributed by atoms with E-state index in [1.165, 1.54) is 18.5 Å². The lowest BCUT2D eigenvalue weighted by Crippen LogP contribution is -1.74. The molecule has 1 heterocycles. The van der Waals surface area contributed by atoms with Gasteiger partial charge in [-0.25, -0.2) is 0 Å². The molecule has 0 bridgehead atoms. The van der Waals surface area contributed by atoms with Crippen molar-refractivity contribution < 1.29 is 0 Å². The van der Waals surface area contributed by atoms with Gasteiger partial charge in [-0.1, -0.05) is 0 Å². The van der Waals surface area contributed by atoms with Crippen molar-refractivity contribution in [3.63, 3.8) is 0 Å². The molecule has 1 aromatic carbocycles. The fraction of sp³-hybridized carbons (Fsp3) is 0.111. The van der Waals surface area contributed by atoms with Crippen molar-refractivity contribution in [1.82, 2.24) is 0 Å². The quantitative estimate of drug-likeness (QED) is 0.550. The number of thiol groups is 1. The van der Waals surface area contributed by atoms with Gasteiger partial charge in [0, 0.05) is 23.4 Å². The number of halogens is 1. The van der Waals surface area contributed by atoms with Crippen molar-refractivity contribution in [1.29, 1.82) is 0 Å². The predicted octanol–water partition coefficient (Wildman–Crippen LogP) is 4.10. The van der Waals surface area contributed by atoms with Crippen LogP contribution in [0.5, 0.6) is 0 Å². The van der Waals surface area contributed by atoms with Gasteiger partial charge in [0.15, 0.2) is 0 Å². The normalized spacial score (nSPS) is 10.9. The van der Waals surface area contributed by atoms with Crippen LogP contribution in [0.25, 0.3) is 10.1 Å². The first kappa shape index (κ1) is 8.84. The topological polar surface area (TPSA) is 0 Å². The number of hydrogen-bond acceptors (Lipinski definition) is 2. The van der Waals surface area contributed by atoms with Gasteiger partial charge in [-0.3, -0.25) is 0 Å². The van der Waals surface area contributed by atoms with E-state index in [9.17, 15) is 0 Å². The molecule has 12 heavy (non-hydrogen) atoms. The number of thiophene rings is 1. The van der Waals surface area contributed by atoms with Crippen LogP contribution in [0.3, 0.4) is 0 Å². The van der Waals surface area contributed by atoms with Crippen molar-refractivity contribution in [2.24, 2.45) is 0 Å². The molecule has 2 aromatic rings. The van der Waals surface area contributed by atoms with E-state index in [1.807, 2.05) is 11.3 Å². The molecular formula is C9H7IS2. The van der Waals surface area contributed by atoms with E-state index in [2.05, 4.69) is 60.3 Å². The third kappa shape index (κ3) is 1.38. The van der Waals surface area contributed by atoms with Crippen LogP contribution in [-0.2, 0) is 0 Å². The Labute approximate surface area is 94.5 Å². The Kier molecular flexibility index (Phi) is 2.35. The molecule has 0 aliphatic heterocycles. The first-order valence-electron chi connectivity index (χ1n) is 3.56. The third-order valence-corrected chi connectivity index (χ3v) is 4.72. The van der Waals surface area contributed by atoms with Gasteiger partial charge in [0.2, 0.25) is 0 Å². The second-order valence-electron chi connectivity index (χ2n) is 2.67. The van der Waals surface area contributed by atoms with Gasteiger partial charge in [-0.05, 0) is 47.7 Å². The SMILES string of the molecule is Cc1cc2c(I)c(S)ccc2s1. The first-order valence-corrected chi connectivity index (χ1v) is 5.90. The summed E-state index contributed by atoms with van der Waals surface area (Å²) < 4.78 is 2.62. The largest absolute Gasteiger partial charge is 0.142 e. The molecule has 0 amide bonds. The Morgan fingerprint density at radius 2 is 2.17 bits per heavy atom. The second-order valence-corrected chi connectivity index (χ2v) is 5.52. The Bertz CT molecular complexity index is 431. The maximum absolute atomic E-state index is 4.38. The van der Waals surface area contributed by atoms with Gasteiger partial charge in [0.25, 0.3) is 0 Å². The predicted molar refractivity (Wildman–Crippen MR) is 66.5 cm³/mol. The van der Waals surface area contributed by atoms with Crippen molar-refractivity contribution in [2.45, 2.75) is 11.8 Å². The van der Waals surface area contributed by atoms with Crippen LogP contribution < -0.4 is 0 Å². The molecule has 0 aliphatic carbocycles. The highest BCUT2D eigenvalue weighted by molar-refractivity contribution is 14.1. The molecular weight excluding hydrogens is 299 g/mol. The fourth-order valence-corrected chi connectivity index (χ4v) is 3.13. The molecule has 0 N–H and O–H groups in total. The molecule has 0 saturated carbocycles. The van der Waals surface area contributed by atoms with Gasteiger partial charge < -0.3 is 0 Å². The summed E-state index contributed by atoms with van der Waals surface area (Å²) in [7, 11) is 0. The standard InChI is InChI=1S/C9H7IS2/c1-5-4-6-8(12-5)3-2-7(11)9(6)10/h2-4,11H,1H3. The van der Waals surface area contributed by atoms with Crippen molar-refractivity contribution in [3.05, 3.63) is 26.6 Å². The second kappa shape index (κ2) is 3.20. The first-order chi connectivity index (χ1) is 5.68. The van der Waals surface area contributed by atoms with Crippen LogP contribution in [0, 0.1) is 10.5 Å². The molecule has 0 unspecified atom stereocenters. The van der Waals surface area contributed by atoms with Gasteiger partial charge in [0.05, 0.1) is 0 Å². The molecule has 2 rings (SSSR count). The van der Waals surface area contributed by atoms with Crippen LogP contribution in [0.2, 0.25) is 0 Å². The Morgan fingerprint density at radius 1 is 1.42 bits per heavy atom. The van der Waals surface area contributed by atoms with Crippen LogP contribution in [-0.4, -0.2) is 0 Å². The van der Waals surface area contributed by atoms with Crippen LogP contribution in [0.15, 0.2) is 23.1 Å². The number of aryl methyl sites for hydroxylation is 1. The summed E-state index contributed by atoms with van der Waals surface area (Å²) in [5, 5.41) is 1.34. The van der Waals surface area contributed by atoms with Crippen molar-refractivity contribution in [3.8, 4) is 0 Å². The Hall–Kier alpha value is 0.260. The maximum Gasteiger partial charge on any atom is 0.0356 e. The average molecular weight is 306 g/mol. The smallest absolute Gasteiger partial charge is 0.0356 e. The highest BCUT2D eigenvalue weighted by Gasteiger charge is 2.04. The molecule has 0 spiro atoms. The fourth-order valence-electron chi connectivity index (χ4n) is 1.19. The van der Waals surface area contributed by atoms with E-state index in [-0.39, 0.29) is 0 Å². The highest BCUT2D eigenvalue weighted by Crippen LogP contribution is 2.32. The van der Waals surface area contributed by atoms with Crippen LogP contribution >= 0.6 is 46.6 Å². The molecule has 0 saturated heterocycles. The third-order valence-electron chi connectivity index (χ3n) is 1.74. The summed E-state index contributed by atoms with van der Waals surface area (Å²) in [5.41, 5.74) is 0. The lowest BCUT2D eigenvalue weighted by Gasteiger charge is -1.96. The molecule has 62 valence electrons. The van der Waals surface area contributed by atoms with Gasteiger partial charge in [-0.2, -0.15) is 0 Å². The zero-order valence-corrected chi connectivity index (χ0v) is 10.3. The number of hydrogen-bond donors (Lipinski definition) is 1.